The first-order valence-corrected chi connectivity index (χ1v) is 9.33. The van der Waals surface area contributed by atoms with Gasteiger partial charge in [-0.25, -0.2) is 4.98 Å². The largest absolute Gasteiger partial charge is 0.494 e. The molecule has 9 heteroatoms. The minimum absolute atomic E-state index is 0.145. The summed E-state index contributed by atoms with van der Waals surface area (Å²) in [6.45, 7) is 0.618. The van der Waals surface area contributed by atoms with Gasteiger partial charge < -0.3 is 29.7 Å². The summed E-state index contributed by atoms with van der Waals surface area (Å²) < 4.78 is 14.6. The Balaban J connectivity index is 1.73. The molecule has 1 aliphatic rings. The second kappa shape index (κ2) is 7.25. The molecule has 2 aromatic heterocycles. The van der Waals surface area contributed by atoms with E-state index < -0.39 is 12.0 Å². The molecule has 4 rings (SSSR count). The van der Waals surface area contributed by atoms with Crippen molar-refractivity contribution in [1.29, 1.82) is 0 Å². The fourth-order valence-electron chi connectivity index (χ4n) is 3.74. The van der Waals surface area contributed by atoms with Crippen molar-refractivity contribution < 1.29 is 19.1 Å². The van der Waals surface area contributed by atoms with Gasteiger partial charge in [0.2, 0.25) is 0 Å². The molecule has 1 aliphatic heterocycles. The van der Waals surface area contributed by atoms with Gasteiger partial charge in [-0.15, -0.1) is 0 Å². The molecule has 0 spiro atoms. The number of carbonyl (C=O) groups excluding carboxylic acids is 2. The van der Waals surface area contributed by atoms with Crippen LogP contribution < -0.4 is 15.8 Å². The van der Waals surface area contributed by atoms with Gasteiger partial charge in [0.15, 0.2) is 11.6 Å². The highest BCUT2D eigenvalue weighted by atomic mass is 16.5. The van der Waals surface area contributed by atoms with E-state index in [0.29, 0.717) is 40.6 Å². The van der Waals surface area contributed by atoms with Gasteiger partial charge in [0.1, 0.15) is 11.8 Å². The number of imidazole rings is 1. The first kappa shape index (κ1) is 19.0. The quantitative estimate of drug-likeness (QED) is 0.682. The topological polar surface area (TPSA) is 113 Å². The van der Waals surface area contributed by atoms with Crippen LogP contribution in [-0.2, 0) is 23.6 Å². The monoisotopic (exact) mass is 397 g/mol. The molecular formula is C20H23N5O4. The van der Waals surface area contributed by atoms with Gasteiger partial charge in [-0.1, -0.05) is 0 Å². The number of nitrogens with two attached hydrogens (primary N) is 1. The van der Waals surface area contributed by atoms with Crippen LogP contribution in [0.25, 0.3) is 22.6 Å². The SMILES string of the molecule is COc1c(C(N)=O)cn(C)c1-c1nc2cc(NC(=O)[C@@H]3CCCO3)ccc2n1C. The smallest absolute Gasteiger partial charge is 0.254 e. The highest BCUT2D eigenvalue weighted by Crippen LogP contribution is 2.35. The normalized spacial score (nSPS) is 16.3. The molecule has 1 atom stereocenters. The minimum Gasteiger partial charge on any atom is -0.494 e. The van der Waals surface area contributed by atoms with Gasteiger partial charge in [0, 0.05) is 32.6 Å². The highest BCUT2D eigenvalue weighted by Gasteiger charge is 2.25. The van der Waals surface area contributed by atoms with E-state index in [9.17, 15) is 9.59 Å². The Kier molecular flexibility index (Phi) is 4.75. The summed E-state index contributed by atoms with van der Waals surface area (Å²) in [4.78, 5) is 28.8. The number of aryl methyl sites for hydroxylation is 2. The number of methoxy groups -OCH3 is 1. The van der Waals surface area contributed by atoms with Crippen LogP contribution in [0.3, 0.4) is 0 Å². The zero-order valence-electron chi connectivity index (χ0n) is 16.6. The molecule has 29 heavy (non-hydrogen) atoms. The molecule has 0 saturated carbocycles. The standard InChI is InChI=1S/C20H23N5O4/c1-24-10-12(18(21)26)17(28-3)16(24)19-23-13-9-11(6-7-14(13)25(19)2)22-20(27)15-5-4-8-29-15/h6-7,9-10,15H,4-5,8H2,1-3H3,(H2,21,26)(H,22,27)/t15-/m0/s1. The lowest BCUT2D eigenvalue weighted by Gasteiger charge is -2.10. The lowest BCUT2D eigenvalue weighted by atomic mass is 10.2. The van der Waals surface area contributed by atoms with E-state index in [4.69, 9.17) is 20.2 Å². The van der Waals surface area contributed by atoms with E-state index >= 15 is 0 Å². The number of nitrogens with zero attached hydrogens (tertiary/aromatic N) is 3. The van der Waals surface area contributed by atoms with E-state index in [0.717, 1.165) is 18.4 Å². The number of amides is 2. The van der Waals surface area contributed by atoms with Gasteiger partial charge in [-0.05, 0) is 31.0 Å². The zero-order chi connectivity index (χ0) is 20.7. The van der Waals surface area contributed by atoms with Gasteiger partial charge in [-0.2, -0.15) is 0 Å². The van der Waals surface area contributed by atoms with Gasteiger partial charge in [0.05, 0.1) is 23.7 Å². The van der Waals surface area contributed by atoms with Crippen molar-refractivity contribution in [3.8, 4) is 17.3 Å². The Morgan fingerprint density at radius 3 is 2.79 bits per heavy atom. The van der Waals surface area contributed by atoms with Crippen LogP contribution in [0.5, 0.6) is 5.75 Å². The van der Waals surface area contributed by atoms with Crippen molar-refractivity contribution >= 4 is 28.5 Å². The maximum absolute atomic E-state index is 12.3. The minimum atomic E-state index is -0.568. The molecular weight excluding hydrogens is 374 g/mol. The number of nitrogens with one attached hydrogen (secondary N) is 1. The number of hydrogen-bond acceptors (Lipinski definition) is 5. The van der Waals surface area contributed by atoms with Crippen LogP contribution in [0, 0.1) is 0 Å². The van der Waals surface area contributed by atoms with E-state index in [1.165, 1.54) is 7.11 Å². The Labute approximate surface area is 167 Å². The summed E-state index contributed by atoms with van der Waals surface area (Å²) >= 11 is 0. The van der Waals surface area contributed by atoms with Crippen LogP contribution in [0.1, 0.15) is 23.2 Å². The van der Waals surface area contributed by atoms with Crippen molar-refractivity contribution in [2.75, 3.05) is 19.0 Å². The van der Waals surface area contributed by atoms with Crippen molar-refractivity contribution in [2.24, 2.45) is 19.8 Å². The van der Waals surface area contributed by atoms with Crippen molar-refractivity contribution in [3.63, 3.8) is 0 Å². The number of hydrogen-bond donors (Lipinski definition) is 2. The molecule has 1 fully saturated rings. The second-order valence-electron chi connectivity index (χ2n) is 7.09. The molecule has 152 valence electrons. The van der Waals surface area contributed by atoms with E-state index in [-0.39, 0.29) is 5.91 Å². The first-order valence-electron chi connectivity index (χ1n) is 9.33. The third kappa shape index (κ3) is 3.23. The molecule has 0 unspecified atom stereocenters. The number of rotatable bonds is 5. The molecule has 0 radical (unpaired) electrons. The molecule has 0 bridgehead atoms. The molecule has 9 nitrogen and oxygen atoms in total. The van der Waals surface area contributed by atoms with Crippen LogP contribution in [0.15, 0.2) is 24.4 Å². The predicted octanol–water partition coefficient (Wildman–Crippen LogP) is 1.80. The summed E-state index contributed by atoms with van der Waals surface area (Å²) in [5.74, 6) is 0.287. The third-order valence-corrected chi connectivity index (χ3v) is 5.19. The molecule has 3 heterocycles. The van der Waals surface area contributed by atoms with Crippen LogP contribution in [0.4, 0.5) is 5.69 Å². The Bertz CT molecular complexity index is 1110. The van der Waals surface area contributed by atoms with Crippen LogP contribution >= 0.6 is 0 Å². The summed E-state index contributed by atoms with van der Waals surface area (Å²) in [6.07, 6.45) is 2.86. The van der Waals surface area contributed by atoms with Gasteiger partial charge in [-0.3, -0.25) is 9.59 Å². The second-order valence-corrected chi connectivity index (χ2v) is 7.09. The van der Waals surface area contributed by atoms with E-state index in [2.05, 4.69) is 5.32 Å². The maximum Gasteiger partial charge on any atom is 0.254 e. The number of ether oxygens (including phenoxy) is 2. The molecule has 3 aromatic rings. The van der Waals surface area contributed by atoms with E-state index in [1.54, 1.807) is 17.8 Å². The lowest BCUT2D eigenvalue weighted by molar-refractivity contribution is -0.124. The maximum atomic E-state index is 12.3. The number of carbonyl (C=O) groups is 2. The third-order valence-electron chi connectivity index (χ3n) is 5.19. The average Bonchev–Trinajstić information content (AvgIpc) is 3.39. The van der Waals surface area contributed by atoms with Crippen LogP contribution in [-0.4, -0.2) is 45.8 Å². The number of primary amides is 1. The van der Waals surface area contributed by atoms with E-state index in [1.807, 2.05) is 29.8 Å². The first-order chi connectivity index (χ1) is 13.9. The summed E-state index contributed by atoms with van der Waals surface area (Å²) in [6, 6.07) is 5.54. The number of benzene rings is 1. The van der Waals surface area contributed by atoms with Crippen LogP contribution in [0.2, 0.25) is 0 Å². The Morgan fingerprint density at radius 2 is 2.14 bits per heavy atom. The lowest BCUT2D eigenvalue weighted by Crippen LogP contribution is -2.26. The Hall–Kier alpha value is -3.33. The fraction of sp³-hybridized carbons (Fsp3) is 0.350. The molecule has 1 aromatic carbocycles. The van der Waals surface area contributed by atoms with Crippen molar-refractivity contribution in [3.05, 3.63) is 30.0 Å². The molecule has 2 amide bonds. The summed E-state index contributed by atoms with van der Waals surface area (Å²) in [5, 5.41) is 2.89. The number of anilines is 1. The van der Waals surface area contributed by atoms with Gasteiger partial charge in [0.25, 0.3) is 11.8 Å². The highest BCUT2D eigenvalue weighted by molar-refractivity contribution is 5.99. The van der Waals surface area contributed by atoms with Gasteiger partial charge >= 0.3 is 0 Å². The molecule has 1 saturated heterocycles. The number of aromatic nitrogens is 3. The Morgan fingerprint density at radius 1 is 1.34 bits per heavy atom. The average molecular weight is 397 g/mol. The summed E-state index contributed by atoms with van der Waals surface area (Å²) in [5.41, 5.74) is 8.64. The molecule has 0 aliphatic carbocycles. The summed E-state index contributed by atoms with van der Waals surface area (Å²) in [7, 11) is 5.18. The number of fused-ring (bicyclic) bond motifs is 1. The van der Waals surface area contributed by atoms with Crippen molar-refractivity contribution in [2.45, 2.75) is 18.9 Å². The fourth-order valence-corrected chi connectivity index (χ4v) is 3.74. The zero-order valence-corrected chi connectivity index (χ0v) is 16.6. The predicted molar refractivity (Wildman–Crippen MR) is 108 cm³/mol. The molecule has 3 N–H and O–H groups in total. The van der Waals surface area contributed by atoms with Crippen molar-refractivity contribution in [1.82, 2.24) is 14.1 Å².